The highest BCUT2D eigenvalue weighted by atomic mass is 16.5. The number of ether oxygens (including phenoxy) is 1. The smallest absolute Gasteiger partial charge is 0.276 e. The number of rotatable bonds is 6. The van der Waals surface area contributed by atoms with Crippen molar-refractivity contribution in [1.82, 2.24) is 24.9 Å². The summed E-state index contributed by atoms with van der Waals surface area (Å²) >= 11 is 0. The molecule has 2 N–H and O–H groups in total. The predicted molar refractivity (Wildman–Crippen MR) is 87.9 cm³/mol. The van der Waals surface area contributed by atoms with Gasteiger partial charge < -0.3 is 15.0 Å². The van der Waals surface area contributed by atoms with Crippen LogP contribution in [0.25, 0.3) is 5.52 Å². The molecule has 3 heterocycles. The first-order chi connectivity index (χ1) is 11.1. The fraction of sp³-hybridized carbons (Fsp3) is 0.688. The summed E-state index contributed by atoms with van der Waals surface area (Å²) in [4.78, 5) is 19.7. The molecular formula is C16H25N5O2. The maximum Gasteiger partial charge on any atom is 0.276 e. The second kappa shape index (κ2) is 6.80. The molecule has 0 saturated carbocycles. The van der Waals surface area contributed by atoms with Crippen LogP contribution >= 0.6 is 0 Å². The third kappa shape index (κ3) is 3.16. The molecule has 3 unspecified atom stereocenters. The molecular weight excluding hydrogens is 294 g/mol. The molecule has 3 atom stereocenters. The van der Waals surface area contributed by atoms with E-state index in [1.54, 1.807) is 10.7 Å². The highest BCUT2D eigenvalue weighted by molar-refractivity contribution is 5.42. The van der Waals surface area contributed by atoms with Crippen molar-refractivity contribution in [2.45, 2.75) is 39.0 Å². The molecule has 0 amide bonds. The summed E-state index contributed by atoms with van der Waals surface area (Å²) in [6, 6.07) is 0. The molecule has 1 fully saturated rings. The van der Waals surface area contributed by atoms with Crippen molar-refractivity contribution >= 4 is 5.52 Å². The van der Waals surface area contributed by atoms with Gasteiger partial charge >= 0.3 is 0 Å². The van der Waals surface area contributed by atoms with Gasteiger partial charge in [0.15, 0.2) is 5.52 Å². The number of aromatic amines is 1. The first kappa shape index (κ1) is 16.1. The summed E-state index contributed by atoms with van der Waals surface area (Å²) in [5.74, 6) is 2.45. The third-order valence-corrected chi connectivity index (χ3v) is 4.66. The number of aromatic nitrogens is 4. The molecule has 3 rings (SSSR count). The number of nitrogens with zero attached hydrogens (tertiary/aromatic N) is 3. The minimum absolute atomic E-state index is 0.121. The van der Waals surface area contributed by atoms with Crippen molar-refractivity contribution in [1.29, 1.82) is 0 Å². The molecule has 2 aromatic heterocycles. The lowest BCUT2D eigenvalue weighted by atomic mass is 9.97. The van der Waals surface area contributed by atoms with Gasteiger partial charge in [-0.05, 0) is 25.8 Å². The van der Waals surface area contributed by atoms with E-state index in [1.165, 1.54) is 0 Å². The van der Waals surface area contributed by atoms with Crippen LogP contribution in [0.4, 0.5) is 0 Å². The summed E-state index contributed by atoms with van der Waals surface area (Å²) in [6.07, 6.45) is 2.47. The first-order valence-electron chi connectivity index (χ1n) is 8.38. The van der Waals surface area contributed by atoms with Crippen molar-refractivity contribution in [3.8, 4) is 0 Å². The van der Waals surface area contributed by atoms with E-state index in [4.69, 9.17) is 9.84 Å². The van der Waals surface area contributed by atoms with Crippen molar-refractivity contribution in [2.24, 2.45) is 5.92 Å². The second-order valence-corrected chi connectivity index (χ2v) is 6.38. The quantitative estimate of drug-likeness (QED) is 0.783. The zero-order valence-electron chi connectivity index (χ0n) is 14.0. The van der Waals surface area contributed by atoms with Gasteiger partial charge in [0.05, 0.1) is 6.20 Å². The van der Waals surface area contributed by atoms with E-state index in [-0.39, 0.29) is 17.4 Å². The highest BCUT2D eigenvalue weighted by Gasteiger charge is 2.28. The Labute approximate surface area is 135 Å². The maximum atomic E-state index is 12.4. The molecule has 2 aromatic rings. The topological polar surface area (TPSA) is 84.3 Å². The summed E-state index contributed by atoms with van der Waals surface area (Å²) in [5.41, 5.74) is 0.385. The number of fused-ring (bicyclic) bond motifs is 1. The number of nitrogens with one attached hydrogen (secondary N) is 2. The Bertz CT molecular complexity index is 723. The Hall–Kier alpha value is -1.73. The summed E-state index contributed by atoms with van der Waals surface area (Å²) in [5, 5.41) is 8.05. The van der Waals surface area contributed by atoms with E-state index >= 15 is 0 Å². The highest BCUT2D eigenvalue weighted by Crippen LogP contribution is 2.25. The van der Waals surface area contributed by atoms with Crippen molar-refractivity contribution in [3.63, 3.8) is 0 Å². The molecule has 0 radical (unpaired) electrons. The Morgan fingerprint density at radius 3 is 3.00 bits per heavy atom. The summed E-state index contributed by atoms with van der Waals surface area (Å²) in [7, 11) is 0. The van der Waals surface area contributed by atoms with E-state index in [0.717, 1.165) is 31.2 Å². The number of hydrogen-bond acceptors (Lipinski definition) is 5. The lowest BCUT2D eigenvalue weighted by Gasteiger charge is -2.14. The molecule has 0 bridgehead atoms. The van der Waals surface area contributed by atoms with Gasteiger partial charge in [0.1, 0.15) is 11.6 Å². The predicted octanol–water partition coefficient (Wildman–Crippen LogP) is 1.27. The number of H-pyrrole nitrogens is 1. The van der Waals surface area contributed by atoms with E-state index in [2.05, 4.69) is 29.1 Å². The van der Waals surface area contributed by atoms with Crippen LogP contribution in [0.2, 0.25) is 0 Å². The van der Waals surface area contributed by atoms with Crippen molar-refractivity contribution in [2.75, 3.05) is 26.3 Å². The van der Waals surface area contributed by atoms with Crippen molar-refractivity contribution < 1.29 is 4.74 Å². The van der Waals surface area contributed by atoms with Gasteiger partial charge in [-0.15, -0.1) is 0 Å². The molecule has 1 aliphatic rings. The minimum atomic E-state index is -0.121. The van der Waals surface area contributed by atoms with Crippen LogP contribution in [-0.4, -0.2) is 45.9 Å². The maximum absolute atomic E-state index is 12.4. The van der Waals surface area contributed by atoms with Gasteiger partial charge in [0.2, 0.25) is 0 Å². The minimum Gasteiger partial charge on any atom is -0.382 e. The lowest BCUT2D eigenvalue weighted by molar-refractivity contribution is 0.140. The zero-order valence-corrected chi connectivity index (χ0v) is 14.0. The average Bonchev–Trinajstić information content (AvgIpc) is 3.13. The normalized spacial score (nSPS) is 22.7. The molecule has 0 spiro atoms. The lowest BCUT2D eigenvalue weighted by Crippen LogP contribution is -2.22. The molecule has 7 heteroatoms. The fourth-order valence-corrected chi connectivity index (χ4v) is 3.15. The SMILES string of the molecule is CCOCCC(C)c1ncc2c(=O)[nH]c(C3CNCC3C)nn12. The Kier molecular flexibility index (Phi) is 4.77. The van der Waals surface area contributed by atoms with E-state index in [9.17, 15) is 4.79 Å². The fourth-order valence-electron chi connectivity index (χ4n) is 3.15. The second-order valence-electron chi connectivity index (χ2n) is 6.38. The van der Waals surface area contributed by atoms with Crippen LogP contribution in [0.3, 0.4) is 0 Å². The van der Waals surface area contributed by atoms with E-state index in [1.807, 2.05) is 6.92 Å². The van der Waals surface area contributed by atoms with Crippen LogP contribution in [0.15, 0.2) is 11.0 Å². The van der Waals surface area contributed by atoms with Gasteiger partial charge in [-0.25, -0.2) is 9.50 Å². The summed E-state index contributed by atoms with van der Waals surface area (Å²) < 4.78 is 7.14. The van der Waals surface area contributed by atoms with Crippen LogP contribution in [0.5, 0.6) is 0 Å². The first-order valence-corrected chi connectivity index (χ1v) is 8.38. The van der Waals surface area contributed by atoms with Gasteiger partial charge in [-0.2, -0.15) is 5.10 Å². The van der Waals surface area contributed by atoms with Gasteiger partial charge in [0.25, 0.3) is 5.56 Å². The van der Waals surface area contributed by atoms with Gasteiger partial charge in [0, 0.05) is 31.6 Å². The van der Waals surface area contributed by atoms with Crippen LogP contribution in [0, 0.1) is 5.92 Å². The van der Waals surface area contributed by atoms with Gasteiger partial charge in [-0.1, -0.05) is 13.8 Å². The monoisotopic (exact) mass is 319 g/mol. The van der Waals surface area contributed by atoms with Crippen molar-refractivity contribution in [3.05, 3.63) is 28.2 Å². The van der Waals surface area contributed by atoms with Gasteiger partial charge in [-0.3, -0.25) is 4.79 Å². The van der Waals surface area contributed by atoms with E-state index in [0.29, 0.717) is 24.6 Å². The molecule has 1 aliphatic heterocycles. The summed E-state index contributed by atoms with van der Waals surface area (Å²) in [6.45, 7) is 9.45. The molecule has 23 heavy (non-hydrogen) atoms. The Morgan fingerprint density at radius 1 is 1.48 bits per heavy atom. The zero-order chi connectivity index (χ0) is 16.4. The average molecular weight is 319 g/mol. The molecule has 126 valence electrons. The van der Waals surface area contributed by atoms with E-state index < -0.39 is 0 Å². The molecule has 7 nitrogen and oxygen atoms in total. The molecule has 0 aliphatic carbocycles. The molecule has 0 aromatic carbocycles. The number of hydrogen-bond donors (Lipinski definition) is 2. The van der Waals surface area contributed by atoms with Crippen LogP contribution < -0.4 is 10.9 Å². The Morgan fingerprint density at radius 2 is 2.30 bits per heavy atom. The standard InChI is InChI=1S/C16H25N5O2/c1-4-23-6-5-10(2)15-18-9-13-16(22)19-14(20-21(13)15)12-8-17-7-11(12)3/h9-12,17H,4-8H2,1-3H3,(H,19,20,22). The third-order valence-electron chi connectivity index (χ3n) is 4.66. The van der Waals surface area contributed by atoms with Crippen LogP contribution in [-0.2, 0) is 4.74 Å². The largest absolute Gasteiger partial charge is 0.382 e. The van der Waals surface area contributed by atoms with Crippen LogP contribution in [0.1, 0.15) is 50.7 Å². The number of imidazole rings is 1. The Balaban J connectivity index is 1.94. The molecule has 1 saturated heterocycles.